The molecule has 0 fully saturated rings. The van der Waals surface area contributed by atoms with Crippen molar-refractivity contribution < 1.29 is 9.44 Å². The van der Waals surface area contributed by atoms with Gasteiger partial charge in [-0.2, -0.15) is 0 Å². The Hall–Kier alpha value is -0.610. The molecule has 0 rings (SSSR count). The molecule has 1 unspecified atom stereocenters. The molecule has 17 heavy (non-hydrogen) atoms. The summed E-state index contributed by atoms with van der Waals surface area (Å²) in [5, 5.41) is 14.5. The first-order chi connectivity index (χ1) is 7.91. The maximum atomic E-state index is 11.7. The van der Waals surface area contributed by atoms with Crippen LogP contribution in [0.3, 0.4) is 0 Å². The Morgan fingerprint density at radius 1 is 1.18 bits per heavy atom. The van der Waals surface area contributed by atoms with E-state index in [2.05, 4.69) is 12.2 Å². The molecule has 0 aromatic rings. The molecule has 4 heteroatoms. The molecule has 0 aliphatic carbocycles. The molecule has 102 valence electrons. The first kappa shape index (κ1) is 16.4. The third-order valence-corrected chi connectivity index (χ3v) is 2.97. The Balaban J connectivity index is 3.77. The Morgan fingerprint density at radius 2 is 1.76 bits per heavy atom. The van der Waals surface area contributed by atoms with Gasteiger partial charge in [-0.25, -0.2) is 0 Å². The Bertz CT molecular complexity index is 212. The zero-order valence-electron chi connectivity index (χ0n) is 11.8. The quantitative estimate of drug-likeness (QED) is 0.293. The average molecular weight is 244 g/mol. The summed E-state index contributed by atoms with van der Waals surface area (Å²) in [7, 11) is 3.13. The van der Waals surface area contributed by atoms with Crippen molar-refractivity contribution in [1.29, 1.82) is 0 Å². The minimum absolute atomic E-state index is 0.00963. The van der Waals surface area contributed by atoms with Crippen LogP contribution < -0.4 is 5.32 Å². The van der Waals surface area contributed by atoms with Gasteiger partial charge in [0.25, 0.3) is 0 Å². The second-order valence-electron chi connectivity index (χ2n) is 5.09. The third kappa shape index (κ3) is 8.16. The van der Waals surface area contributed by atoms with Crippen LogP contribution in [0.2, 0.25) is 0 Å². The van der Waals surface area contributed by atoms with E-state index in [-0.39, 0.29) is 12.1 Å². The van der Waals surface area contributed by atoms with E-state index in [4.69, 9.17) is 0 Å². The highest BCUT2D eigenvalue weighted by molar-refractivity contribution is 5.75. The Kier molecular flexibility index (Phi) is 8.17. The maximum absolute atomic E-state index is 11.7. The summed E-state index contributed by atoms with van der Waals surface area (Å²) in [4.78, 5) is 11.6. The van der Waals surface area contributed by atoms with Crippen LogP contribution in [-0.4, -0.2) is 30.8 Å². The van der Waals surface area contributed by atoms with Gasteiger partial charge in [0.2, 0.25) is 5.91 Å². The number of amides is 1. The molecule has 0 spiro atoms. The van der Waals surface area contributed by atoms with Gasteiger partial charge in [0.1, 0.15) is 0 Å². The number of hydrogen-bond donors (Lipinski definition) is 1. The van der Waals surface area contributed by atoms with Crippen LogP contribution in [0.1, 0.15) is 58.8 Å². The lowest BCUT2D eigenvalue weighted by atomic mass is 10.1. The number of nitrogens with one attached hydrogen (secondary N) is 1. The Morgan fingerprint density at radius 3 is 2.24 bits per heavy atom. The van der Waals surface area contributed by atoms with Crippen molar-refractivity contribution in [2.24, 2.45) is 0 Å². The molecule has 0 aromatic heterocycles. The van der Waals surface area contributed by atoms with E-state index < -0.39 is 4.65 Å². The van der Waals surface area contributed by atoms with E-state index in [0.717, 1.165) is 12.8 Å². The van der Waals surface area contributed by atoms with E-state index in [9.17, 15) is 10.0 Å². The fraction of sp³-hybridized carbons (Fsp3) is 0.923. The van der Waals surface area contributed by atoms with Gasteiger partial charge in [-0.15, -0.1) is 0 Å². The van der Waals surface area contributed by atoms with Crippen LogP contribution in [0.25, 0.3) is 0 Å². The predicted octanol–water partition coefficient (Wildman–Crippen LogP) is 2.77. The van der Waals surface area contributed by atoms with E-state index >= 15 is 0 Å². The number of nitrogens with zero attached hydrogens (tertiary/aromatic N) is 1. The van der Waals surface area contributed by atoms with Gasteiger partial charge in [0.05, 0.1) is 14.1 Å². The zero-order valence-corrected chi connectivity index (χ0v) is 11.8. The predicted molar refractivity (Wildman–Crippen MR) is 71.1 cm³/mol. The minimum Gasteiger partial charge on any atom is -0.632 e. The molecule has 0 bridgehead atoms. The lowest BCUT2D eigenvalue weighted by Crippen LogP contribution is -2.53. The van der Waals surface area contributed by atoms with Gasteiger partial charge in [0, 0.05) is 12.8 Å². The van der Waals surface area contributed by atoms with Crippen LogP contribution in [0, 0.1) is 5.21 Å². The van der Waals surface area contributed by atoms with Gasteiger partial charge in [0.15, 0.2) is 6.17 Å². The topological polar surface area (TPSA) is 52.2 Å². The van der Waals surface area contributed by atoms with Gasteiger partial charge in [-0.05, 0) is 6.42 Å². The molecule has 0 heterocycles. The molecule has 0 aromatic carbocycles. The number of hydrogen-bond acceptors (Lipinski definition) is 2. The van der Waals surface area contributed by atoms with Gasteiger partial charge in [-0.1, -0.05) is 39.5 Å². The number of unbranched alkanes of at least 4 members (excludes halogenated alkanes) is 4. The van der Waals surface area contributed by atoms with Crippen LogP contribution in [0.4, 0.5) is 0 Å². The first-order valence-corrected chi connectivity index (χ1v) is 6.75. The number of carbonyl (C=O) groups excluding carboxylic acids is 1. The summed E-state index contributed by atoms with van der Waals surface area (Å²) < 4.78 is -0.460. The highest BCUT2D eigenvalue weighted by Gasteiger charge is 2.19. The molecule has 0 saturated heterocycles. The van der Waals surface area contributed by atoms with E-state index in [1.54, 1.807) is 14.1 Å². The van der Waals surface area contributed by atoms with E-state index in [1.807, 2.05) is 6.92 Å². The molecule has 4 nitrogen and oxygen atoms in total. The highest BCUT2D eigenvalue weighted by atomic mass is 16.5. The van der Waals surface area contributed by atoms with Crippen LogP contribution in [-0.2, 0) is 4.79 Å². The normalized spacial score (nSPS) is 13.5. The smallest absolute Gasteiger partial charge is 0.224 e. The molecule has 1 N–H and O–H groups in total. The molecule has 0 saturated carbocycles. The zero-order chi connectivity index (χ0) is 13.3. The number of rotatable bonds is 9. The summed E-state index contributed by atoms with van der Waals surface area (Å²) in [5.41, 5.74) is 0. The van der Waals surface area contributed by atoms with Gasteiger partial charge >= 0.3 is 0 Å². The van der Waals surface area contributed by atoms with Crippen molar-refractivity contribution in [3.8, 4) is 0 Å². The molecular weight excluding hydrogens is 216 g/mol. The largest absolute Gasteiger partial charge is 0.632 e. The summed E-state index contributed by atoms with van der Waals surface area (Å²) >= 11 is 0. The first-order valence-electron chi connectivity index (χ1n) is 6.75. The molecule has 0 radical (unpaired) electrons. The summed E-state index contributed by atoms with van der Waals surface area (Å²) in [6, 6.07) is 0. The second-order valence-corrected chi connectivity index (χ2v) is 5.09. The molecule has 0 aliphatic heterocycles. The van der Waals surface area contributed by atoms with Crippen molar-refractivity contribution in [2.75, 3.05) is 14.1 Å². The van der Waals surface area contributed by atoms with Crippen LogP contribution in [0.15, 0.2) is 0 Å². The molecular formula is C13H28N2O2. The van der Waals surface area contributed by atoms with Gasteiger partial charge in [-0.3, -0.25) is 4.79 Å². The van der Waals surface area contributed by atoms with Crippen molar-refractivity contribution >= 4 is 5.91 Å². The molecule has 0 aliphatic rings. The highest BCUT2D eigenvalue weighted by Crippen LogP contribution is 2.08. The van der Waals surface area contributed by atoms with Crippen molar-refractivity contribution in [1.82, 2.24) is 5.32 Å². The average Bonchev–Trinajstić information content (AvgIpc) is 2.24. The number of hydroxylamine groups is 3. The summed E-state index contributed by atoms with van der Waals surface area (Å²) in [6.45, 7) is 4.09. The molecule has 1 atom stereocenters. The van der Waals surface area contributed by atoms with Crippen LogP contribution in [0.5, 0.6) is 0 Å². The van der Waals surface area contributed by atoms with Crippen molar-refractivity contribution in [2.45, 2.75) is 65.0 Å². The molecule has 1 amide bonds. The summed E-state index contributed by atoms with van der Waals surface area (Å²) in [5.74, 6) is 0.00963. The standard InChI is InChI=1S/C13H28N2O2/c1-5-7-8-9-10-11-13(16)14-12(6-2)15(3,4)17/h12H,5-11H2,1-4H3,(H,14,16). The van der Waals surface area contributed by atoms with E-state index in [1.165, 1.54) is 19.3 Å². The number of carbonyl (C=O) groups is 1. The minimum atomic E-state index is -0.460. The van der Waals surface area contributed by atoms with Crippen molar-refractivity contribution in [3.05, 3.63) is 5.21 Å². The maximum Gasteiger partial charge on any atom is 0.224 e. The number of quaternary nitrogens is 1. The SMILES string of the molecule is CCCCCCCC(=O)NC(CC)[N+](C)(C)[O-]. The monoisotopic (exact) mass is 244 g/mol. The van der Waals surface area contributed by atoms with Crippen LogP contribution >= 0.6 is 0 Å². The summed E-state index contributed by atoms with van der Waals surface area (Å²) in [6.07, 6.45) is 6.57. The fourth-order valence-electron chi connectivity index (χ4n) is 1.84. The van der Waals surface area contributed by atoms with E-state index in [0.29, 0.717) is 12.8 Å². The van der Waals surface area contributed by atoms with Crippen molar-refractivity contribution in [3.63, 3.8) is 0 Å². The lowest BCUT2D eigenvalue weighted by Gasteiger charge is -2.41. The third-order valence-electron chi connectivity index (χ3n) is 2.97. The Labute approximate surface area is 106 Å². The lowest BCUT2D eigenvalue weighted by molar-refractivity contribution is -0.869. The fourth-order valence-corrected chi connectivity index (χ4v) is 1.84. The second kappa shape index (κ2) is 8.48. The van der Waals surface area contributed by atoms with Gasteiger partial charge < -0.3 is 15.2 Å².